The number of sulfone groups is 1. The van der Waals surface area contributed by atoms with E-state index in [1.165, 1.54) is 18.2 Å². The summed E-state index contributed by atoms with van der Waals surface area (Å²) in [6.07, 6.45) is 0.138. The number of aliphatic hydroxyl groups is 1. The Hall–Kier alpha value is -0.940. The van der Waals surface area contributed by atoms with E-state index < -0.39 is 21.3 Å². The van der Waals surface area contributed by atoms with E-state index in [9.17, 15) is 17.9 Å². The molecule has 15 heavy (non-hydrogen) atoms. The van der Waals surface area contributed by atoms with E-state index in [0.29, 0.717) is 5.56 Å². The summed E-state index contributed by atoms with van der Waals surface area (Å²) in [5, 5.41) is 10.1. The average Bonchev–Trinajstić information content (AvgIpc) is 2.42. The van der Waals surface area contributed by atoms with Crippen LogP contribution in [0.4, 0.5) is 4.39 Å². The fraction of sp³-hybridized carbons (Fsp3) is 0.400. The summed E-state index contributed by atoms with van der Waals surface area (Å²) in [4.78, 5) is 0. The highest BCUT2D eigenvalue weighted by Gasteiger charge is 2.41. The first-order valence-electron chi connectivity index (χ1n) is 4.60. The molecular weight excluding hydrogens is 219 g/mol. The van der Waals surface area contributed by atoms with Gasteiger partial charge in [0.1, 0.15) is 11.4 Å². The van der Waals surface area contributed by atoms with Crippen LogP contribution in [0, 0.1) is 5.82 Å². The van der Waals surface area contributed by atoms with E-state index in [2.05, 4.69) is 0 Å². The molecule has 1 aliphatic heterocycles. The van der Waals surface area contributed by atoms with Crippen LogP contribution < -0.4 is 0 Å². The minimum Gasteiger partial charge on any atom is -0.384 e. The standard InChI is InChI=1S/C10H11FO3S/c11-9-3-1-2-8(6-9)10(12)4-5-15(13,14)7-10/h1-3,6,12H,4-5,7H2. The Morgan fingerprint density at radius 1 is 1.40 bits per heavy atom. The van der Waals surface area contributed by atoms with Crippen molar-refractivity contribution in [3.05, 3.63) is 35.6 Å². The summed E-state index contributed by atoms with van der Waals surface area (Å²) in [5.41, 5.74) is -1.08. The quantitative estimate of drug-likeness (QED) is 0.777. The maximum Gasteiger partial charge on any atom is 0.153 e. The monoisotopic (exact) mass is 230 g/mol. The van der Waals surface area contributed by atoms with Crippen molar-refractivity contribution in [1.82, 2.24) is 0 Å². The molecule has 1 aromatic rings. The second-order valence-corrected chi connectivity index (χ2v) is 6.07. The molecule has 1 aromatic carbocycles. The smallest absolute Gasteiger partial charge is 0.153 e. The van der Waals surface area contributed by atoms with E-state index in [4.69, 9.17) is 0 Å². The number of hydrogen-bond acceptors (Lipinski definition) is 3. The molecule has 1 fully saturated rings. The van der Waals surface area contributed by atoms with Crippen molar-refractivity contribution in [1.29, 1.82) is 0 Å². The van der Waals surface area contributed by atoms with Crippen molar-refractivity contribution in [2.75, 3.05) is 11.5 Å². The van der Waals surface area contributed by atoms with E-state index in [0.717, 1.165) is 0 Å². The fourth-order valence-electron chi connectivity index (χ4n) is 1.84. The summed E-state index contributed by atoms with van der Waals surface area (Å²) in [6.45, 7) is 0. The van der Waals surface area contributed by atoms with Gasteiger partial charge in [-0.05, 0) is 24.1 Å². The molecule has 82 valence electrons. The molecule has 0 aliphatic carbocycles. The second kappa shape index (κ2) is 3.28. The first kappa shape index (κ1) is 10.6. The zero-order chi connectivity index (χ0) is 11.1. The highest BCUT2D eigenvalue weighted by Crippen LogP contribution is 2.33. The van der Waals surface area contributed by atoms with Gasteiger partial charge in [0.05, 0.1) is 11.5 Å². The Bertz CT molecular complexity index is 483. The van der Waals surface area contributed by atoms with Gasteiger partial charge in [0.15, 0.2) is 9.84 Å². The molecule has 0 bridgehead atoms. The molecule has 1 atom stereocenters. The number of hydrogen-bond donors (Lipinski definition) is 1. The predicted molar refractivity (Wildman–Crippen MR) is 53.6 cm³/mol. The Kier molecular flexibility index (Phi) is 2.31. The summed E-state index contributed by atoms with van der Waals surface area (Å²) in [5.74, 6) is -0.825. The summed E-state index contributed by atoms with van der Waals surface area (Å²) in [6, 6.07) is 5.45. The normalized spacial score (nSPS) is 29.2. The molecule has 5 heteroatoms. The van der Waals surface area contributed by atoms with Gasteiger partial charge in [-0.2, -0.15) is 0 Å². The van der Waals surface area contributed by atoms with Crippen molar-refractivity contribution >= 4 is 9.84 Å². The van der Waals surface area contributed by atoms with Crippen LogP contribution in [0.1, 0.15) is 12.0 Å². The fourth-order valence-corrected chi connectivity index (χ4v) is 3.67. The average molecular weight is 230 g/mol. The maximum absolute atomic E-state index is 12.9. The molecule has 2 rings (SSSR count). The Morgan fingerprint density at radius 3 is 2.67 bits per heavy atom. The summed E-state index contributed by atoms with van der Waals surface area (Å²) in [7, 11) is -3.19. The van der Waals surface area contributed by atoms with Gasteiger partial charge in [-0.3, -0.25) is 0 Å². The minimum atomic E-state index is -3.19. The topological polar surface area (TPSA) is 54.4 Å². The van der Waals surface area contributed by atoms with Crippen LogP contribution in [-0.2, 0) is 15.4 Å². The van der Waals surface area contributed by atoms with Crippen molar-refractivity contribution in [3.63, 3.8) is 0 Å². The Morgan fingerprint density at radius 2 is 2.13 bits per heavy atom. The van der Waals surface area contributed by atoms with E-state index in [1.54, 1.807) is 6.07 Å². The first-order valence-corrected chi connectivity index (χ1v) is 6.42. The highest BCUT2D eigenvalue weighted by atomic mass is 32.2. The zero-order valence-electron chi connectivity index (χ0n) is 7.98. The largest absolute Gasteiger partial charge is 0.384 e. The van der Waals surface area contributed by atoms with Crippen molar-refractivity contribution in [2.24, 2.45) is 0 Å². The molecule has 0 aromatic heterocycles. The molecule has 1 saturated heterocycles. The lowest BCUT2D eigenvalue weighted by atomic mass is 9.93. The van der Waals surface area contributed by atoms with Crippen molar-refractivity contribution in [2.45, 2.75) is 12.0 Å². The van der Waals surface area contributed by atoms with Gasteiger partial charge in [0.2, 0.25) is 0 Å². The van der Waals surface area contributed by atoms with E-state index >= 15 is 0 Å². The van der Waals surface area contributed by atoms with Crippen LogP contribution in [0.2, 0.25) is 0 Å². The summed E-state index contributed by atoms with van der Waals surface area (Å²) >= 11 is 0. The molecule has 1 heterocycles. The molecule has 1 aliphatic rings. The minimum absolute atomic E-state index is 0.0417. The third kappa shape index (κ3) is 2.03. The molecule has 3 nitrogen and oxygen atoms in total. The maximum atomic E-state index is 12.9. The Labute approximate surface area is 87.5 Å². The van der Waals surface area contributed by atoms with Gasteiger partial charge in [0.25, 0.3) is 0 Å². The van der Waals surface area contributed by atoms with Gasteiger partial charge in [-0.1, -0.05) is 12.1 Å². The first-order chi connectivity index (χ1) is 6.91. The Balaban J connectivity index is 2.40. The molecule has 1 N–H and O–H groups in total. The lowest BCUT2D eigenvalue weighted by Crippen LogP contribution is -2.26. The van der Waals surface area contributed by atoms with Crippen LogP contribution in [-0.4, -0.2) is 25.0 Å². The predicted octanol–water partition coefficient (Wildman–Crippen LogP) is 0.832. The third-order valence-electron chi connectivity index (χ3n) is 2.65. The van der Waals surface area contributed by atoms with Crippen LogP contribution in [0.15, 0.2) is 24.3 Å². The molecule has 1 unspecified atom stereocenters. The highest BCUT2D eigenvalue weighted by molar-refractivity contribution is 7.91. The van der Waals surface area contributed by atoms with Gasteiger partial charge in [-0.25, -0.2) is 12.8 Å². The molecule has 0 amide bonds. The van der Waals surface area contributed by atoms with Crippen molar-refractivity contribution in [3.8, 4) is 0 Å². The number of halogens is 1. The number of rotatable bonds is 1. The van der Waals surface area contributed by atoms with Gasteiger partial charge in [-0.15, -0.1) is 0 Å². The van der Waals surface area contributed by atoms with Gasteiger partial charge < -0.3 is 5.11 Å². The van der Waals surface area contributed by atoms with Crippen molar-refractivity contribution < 1.29 is 17.9 Å². The lowest BCUT2D eigenvalue weighted by Gasteiger charge is -2.20. The van der Waals surface area contributed by atoms with E-state index in [-0.39, 0.29) is 17.9 Å². The molecular formula is C10H11FO3S. The zero-order valence-corrected chi connectivity index (χ0v) is 8.80. The van der Waals surface area contributed by atoms with Gasteiger partial charge in [0, 0.05) is 0 Å². The molecule has 0 saturated carbocycles. The van der Waals surface area contributed by atoms with Crippen LogP contribution in [0.3, 0.4) is 0 Å². The van der Waals surface area contributed by atoms with Crippen LogP contribution in [0.5, 0.6) is 0 Å². The van der Waals surface area contributed by atoms with E-state index in [1.807, 2.05) is 0 Å². The van der Waals surface area contributed by atoms with Crippen LogP contribution >= 0.6 is 0 Å². The van der Waals surface area contributed by atoms with Gasteiger partial charge >= 0.3 is 0 Å². The molecule has 0 spiro atoms. The summed E-state index contributed by atoms with van der Waals surface area (Å²) < 4.78 is 35.4. The SMILES string of the molecule is O=S1(=O)CCC(O)(c2cccc(F)c2)C1. The third-order valence-corrected chi connectivity index (χ3v) is 4.39. The van der Waals surface area contributed by atoms with Crippen LogP contribution in [0.25, 0.3) is 0 Å². The lowest BCUT2D eigenvalue weighted by molar-refractivity contribution is 0.0649. The molecule has 0 radical (unpaired) electrons. The second-order valence-electron chi connectivity index (χ2n) is 3.88. The number of benzene rings is 1.